The summed E-state index contributed by atoms with van der Waals surface area (Å²) in [5.74, 6) is 0.439. The third-order valence-corrected chi connectivity index (χ3v) is 2.22. The summed E-state index contributed by atoms with van der Waals surface area (Å²) < 4.78 is 0. The van der Waals surface area contributed by atoms with Gasteiger partial charge in [-0.3, -0.25) is 0 Å². The van der Waals surface area contributed by atoms with Gasteiger partial charge in [0.05, 0.1) is 10.7 Å². The lowest BCUT2D eigenvalue weighted by molar-refractivity contribution is 1.05. The van der Waals surface area contributed by atoms with Gasteiger partial charge in [0, 0.05) is 5.02 Å². The van der Waals surface area contributed by atoms with Crippen LogP contribution in [0.25, 0.3) is 0 Å². The van der Waals surface area contributed by atoms with Crippen LogP contribution in [0.2, 0.25) is 10.0 Å². The molecule has 1 aromatic carbocycles. The Balaban J connectivity index is 2.25. The Bertz CT molecular complexity index is 461. The van der Waals surface area contributed by atoms with E-state index in [1.165, 1.54) is 12.7 Å². The number of anilines is 2. The molecule has 0 saturated heterocycles. The molecule has 15 heavy (non-hydrogen) atoms. The molecular weight excluding hydrogens is 235 g/mol. The number of nitrogens with one attached hydrogen (secondary N) is 1. The van der Waals surface area contributed by atoms with Crippen molar-refractivity contribution in [3.8, 4) is 0 Å². The maximum absolute atomic E-state index is 5.96. The van der Waals surface area contributed by atoms with Crippen molar-refractivity contribution in [3.63, 3.8) is 0 Å². The van der Waals surface area contributed by atoms with Gasteiger partial charge in [-0.25, -0.2) is 15.0 Å². The van der Waals surface area contributed by atoms with Crippen LogP contribution in [0.1, 0.15) is 0 Å². The summed E-state index contributed by atoms with van der Waals surface area (Å²) in [7, 11) is 0. The number of aromatic nitrogens is 3. The van der Waals surface area contributed by atoms with Crippen LogP contribution in [-0.4, -0.2) is 15.0 Å². The number of rotatable bonds is 2. The van der Waals surface area contributed by atoms with Crippen LogP contribution in [0, 0.1) is 0 Å². The van der Waals surface area contributed by atoms with Crippen LogP contribution in [-0.2, 0) is 0 Å². The monoisotopic (exact) mass is 240 g/mol. The van der Waals surface area contributed by atoms with E-state index in [-0.39, 0.29) is 0 Å². The van der Waals surface area contributed by atoms with E-state index in [1.54, 1.807) is 18.2 Å². The lowest BCUT2D eigenvalue weighted by atomic mass is 10.3. The zero-order valence-corrected chi connectivity index (χ0v) is 9.00. The van der Waals surface area contributed by atoms with Gasteiger partial charge in [0.1, 0.15) is 12.7 Å². The van der Waals surface area contributed by atoms with Crippen LogP contribution < -0.4 is 5.32 Å². The summed E-state index contributed by atoms with van der Waals surface area (Å²) in [5, 5.41) is 4.05. The molecule has 1 heterocycles. The van der Waals surface area contributed by atoms with Gasteiger partial charge in [-0.2, -0.15) is 0 Å². The Morgan fingerprint density at radius 1 is 1.07 bits per heavy atom. The van der Waals surface area contributed by atoms with Crippen molar-refractivity contribution < 1.29 is 0 Å². The highest BCUT2D eigenvalue weighted by Crippen LogP contribution is 2.26. The smallest absolute Gasteiger partial charge is 0.230 e. The van der Waals surface area contributed by atoms with E-state index in [0.717, 1.165) is 0 Å². The second kappa shape index (κ2) is 4.42. The third kappa shape index (κ3) is 2.55. The van der Waals surface area contributed by atoms with E-state index in [0.29, 0.717) is 21.7 Å². The van der Waals surface area contributed by atoms with Crippen molar-refractivity contribution >= 4 is 34.8 Å². The number of nitrogens with zero attached hydrogens (tertiary/aromatic N) is 3. The maximum atomic E-state index is 5.96. The van der Waals surface area contributed by atoms with Gasteiger partial charge in [0.15, 0.2) is 0 Å². The van der Waals surface area contributed by atoms with Gasteiger partial charge < -0.3 is 5.32 Å². The second-order valence-corrected chi connectivity index (χ2v) is 3.55. The highest BCUT2D eigenvalue weighted by atomic mass is 35.5. The minimum Gasteiger partial charge on any atom is -0.323 e. The summed E-state index contributed by atoms with van der Waals surface area (Å²) in [4.78, 5) is 11.5. The molecule has 0 amide bonds. The maximum Gasteiger partial charge on any atom is 0.230 e. The van der Waals surface area contributed by atoms with Gasteiger partial charge in [0.2, 0.25) is 5.95 Å². The summed E-state index contributed by atoms with van der Waals surface area (Å²) in [5.41, 5.74) is 0.701. The van der Waals surface area contributed by atoms with Crippen LogP contribution in [0.5, 0.6) is 0 Å². The lowest BCUT2D eigenvalue weighted by Crippen LogP contribution is -1.97. The molecule has 0 spiro atoms. The summed E-state index contributed by atoms with van der Waals surface area (Å²) >= 11 is 11.7. The fourth-order valence-corrected chi connectivity index (χ4v) is 1.47. The Kier molecular flexibility index (Phi) is 2.99. The van der Waals surface area contributed by atoms with Crippen LogP contribution in [0.3, 0.4) is 0 Å². The standard InChI is InChI=1S/C9H6Cl2N4/c10-6-1-2-8(7(11)3-6)15-9-13-4-12-5-14-9/h1-5H,(H,12,13,14,15). The lowest BCUT2D eigenvalue weighted by Gasteiger charge is -2.05. The minimum absolute atomic E-state index is 0.439. The van der Waals surface area contributed by atoms with E-state index < -0.39 is 0 Å². The van der Waals surface area contributed by atoms with E-state index in [9.17, 15) is 0 Å². The van der Waals surface area contributed by atoms with Gasteiger partial charge in [0.25, 0.3) is 0 Å². The first-order valence-corrected chi connectivity index (χ1v) is 4.85. The zero-order valence-electron chi connectivity index (χ0n) is 7.48. The topological polar surface area (TPSA) is 50.7 Å². The highest BCUT2D eigenvalue weighted by Gasteiger charge is 2.02. The largest absolute Gasteiger partial charge is 0.323 e. The molecule has 0 unspecified atom stereocenters. The average molecular weight is 241 g/mol. The van der Waals surface area contributed by atoms with Gasteiger partial charge in [-0.1, -0.05) is 23.2 Å². The molecule has 0 aliphatic rings. The number of benzene rings is 1. The normalized spacial score (nSPS) is 10.0. The molecule has 1 N–H and O–H groups in total. The van der Waals surface area contributed by atoms with Crippen molar-refractivity contribution in [2.24, 2.45) is 0 Å². The van der Waals surface area contributed by atoms with Crippen LogP contribution in [0.4, 0.5) is 11.6 Å². The molecule has 2 aromatic rings. The number of hydrogen-bond donors (Lipinski definition) is 1. The summed E-state index contributed by atoms with van der Waals surface area (Å²) in [6, 6.07) is 5.14. The Labute approximate surface area is 96.3 Å². The molecule has 0 aliphatic carbocycles. The van der Waals surface area contributed by atoms with E-state index in [2.05, 4.69) is 20.3 Å². The quantitative estimate of drug-likeness (QED) is 0.878. The Morgan fingerprint density at radius 2 is 1.80 bits per heavy atom. The van der Waals surface area contributed by atoms with E-state index >= 15 is 0 Å². The average Bonchev–Trinajstić information content (AvgIpc) is 2.24. The predicted octanol–water partition coefficient (Wildman–Crippen LogP) is 2.92. The fraction of sp³-hybridized carbons (Fsp3) is 0. The van der Waals surface area contributed by atoms with Crippen molar-refractivity contribution in [1.29, 1.82) is 0 Å². The first-order chi connectivity index (χ1) is 7.25. The number of halogens is 2. The fourth-order valence-electron chi connectivity index (χ4n) is 1.02. The van der Waals surface area contributed by atoms with Gasteiger partial charge in [-0.05, 0) is 18.2 Å². The first kappa shape index (κ1) is 10.1. The molecule has 0 atom stereocenters. The molecule has 4 nitrogen and oxygen atoms in total. The molecule has 0 saturated carbocycles. The Hall–Kier alpha value is -1.39. The van der Waals surface area contributed by atoms with Gasteiger partial charge >= 0.3 is 0 Å². The van der Waals surface area contributed by atoms with Crippen molar-refractivity contribution in [1.82, 2.24) is 15.0 Å². The molecule has 6 heteroatoms. The Morgan fingerprint density at radius 3 is 2.47 bits per heavy atom. The molecular formula is C9H6Cl2N4. The SMILES string of the molecule is Clc1ccc(Nc2ncncn2)c(Cl)c1. The molecule has 0 fully saturated rings. The molecule has 0 aliphatic heterocycles. The van der Waals surface area contributed by atoms with Gasteiger partial charge in [-0.15, -0.1) is 0 Å². The first-order valence-electron chi connectivity index (χ1n) is 4.10. The van der Waals surface area contributed by atoms with Crippen LogP contribution >= 0.6 is 23.2 Å². The molecule has 2 rings (SSSR count). The highest BCUT2D eigenvalue weighted by molar-refractivity contribution is 6.36. The minimum atomic E-state index is 0.439. The third-order valence-electron chi connectivity index (χ3n) is 1.67. The summed E-state index contributed by atoms with van der Waals surface area (Å²) in [6.45, 7) is 0. The molecule has 0 radical (unpaired) electrons. The van der Waals surface area contributed by atoms with Crippen molar-refractivity contribution in [3.05, 3.63) is 40.9 Å². The zero-order chi connectivity index (χ0) is 10.7. The molecule has 1 aromatic heterocycles. The van der Waals surface area contributed by atoms with Crippen molar-refractivity contribution in [2.75, 3.05) is 5.32 Å². The number of hydrogen-bond acceptors (Lipinski definition) is 4. The summed E-state index contributed by atoms with van der Waals surface area (Å²) in [6.07, 6.45) is 2.80. The molecule has 76 valence electrons. The molecule has 0 bridgehead atoms. The van der Waals surface area contributed by atoms with Crippen LogP contribution in [0.15, 0.2) is 30.9 Å². The van der Waals surface area contributed by atoms with Crippen molar-refractivity contribution in [2.45, 2.75) is 0 Å². The van der Waals surface area contributed by atoms with E-state index in [1.807, 2.05) is 0 Å². The predicted molar refractivity (Wildman–Crippen MR) is 59.6 cm³/mol. The second-order valence-electron chi connectivity index (χ2n) is 2.71. The van der Waals surface area contributed by atoms with E-state index in [4.69, 9.17) is 23.2 Å².